The van der Waals surface area contributed by atoms with Gasteiger partial charge >= 0.3 is 0 Å². The molecule has 0 atom stereocenters. The lowest BCUT2D eigenvalue weighted by atomic mass is 10.3. The first-order valence-electron chi connectivity index (χ1n) is 5.27. The number of nitrogen functional groups attached to an aromatic ring is 1. The molecule has 4 nitrogen and oxygen atoms in total. The Hall–Kier alpha value is -1.40. The van der Waals surface area contributed by atoms with Crippen LogP contribution in [0.15, 0.2) is 34.2 Å². The number of carbonyl (C=O) groups is 1. The highest BCUT2D eigenvalue weighted by atomic mass is 79.9. The molecule has 0 aliphatic carbocycles. The average Bonchev–Trinajstić information content (AvgIpc) is 2.75. The van der Waals surface area contributed by atoms with E-state index in [9.17, 15) is 4.79 Å². The van der Waals surface area contributed by atoms with E-state index in [2.05, 4.69) is 20.9 Å². The second-order valence-electron chi connectivity index (χ2n) is 3.81. The minimum absolute atomic E-state index is 0.00150. The molecule has 2 aromatic heterocycles. The maximum absolute atomic E-state index is 12.1. The molecule has 0 saturated heterocycles. The van der Waals surface area contributed by atoms with E-state index in [1.807, 2.05) is 11.4 Å². The first kappa shape index (κ1) is 13.0. The van der Waals surface area contributed by atoms with Crippen molar-refractivity contribution < 1.29 is 4.79 Å². The molecule has 0 aliphatic heterocycles. The van der Waals surface area contributed by atoms with E-state index < -0.39 is 0 Å². The van der Waals surface area contributed by atoms with Crippen LogP contribution in [0.1, 0.15) is 4.88 Å². The number of aromatic nitrogens is 1. The van der Waals surface area contributed by atoms with Crippen LogP contribution in [0.5, 0.6) is 0 Å². The predicted octanol–water partition coefficient (Wildman–Crippen LogP) is 2.69. The SMILES string of the molecule is CN(C(=O)Cc1cc(Br)cs1)c1ccc(N)cn1. The molecule has 2 heterocycles. The minimum atomic E-state index is 0.00150. The van der Waals surface area contributed by atoms with Crippen molar-refractivity contribution in [1.82, 2.24) is 4.98 Å². The van der Waals surface area contributed by atoms with Gasteiger partial charge in [0.1, 0.15) is 5.82 Å². The molecule has 2 N–H and O–H groups in total. The van der Waals surface area contributed by atoms with Crippen LogP contribution in [0.4, 0.5) is 11.5 Å². The molecule has 2 aromatic rings. The zero-order valence-electron chi connectivity index (χ0n) is 9.76. The Kier molecular flexibility index (Phi) is 3.98. The highest BCUT2D eigenvalue weighted by molar-refractivity contribution is 9.10. The van der Waals surface area contributed by atoms with Crippen LogP contribution in [0.2, 0.25) is 0 Å². The van der Waals surface area contributed by atoms with Crippen LogP contribution >= 0.6 is 27.3 Å². The second-order valence-corrected chi connectivity index (χ2v) is 5.72. The maximum Gasteiger partial charge on any atom is 0.233 e. The number of halogens is 1. The Labute approximate surface area is 118 Å². The smallest absolute Gasteiger partial charge is 0.233 e. The van der Waals surface area contributed by atoms with Gasteiger partial charge in [-0.3, -0.25) is 9.69 Å². The fourth-order valence-corrected chi connectivity index (χ4v) is 2.88. The molecule has 0 radical (unpaired) electrons. The molecular weight excluding hydrogens is 314 g/mol. The Morgan fingerprint density at radius 3 is 2.89 bits per heavy atom. The number of anilines is 2. The third-order valence-electron chi connectivity index (χ3n) is 2.44. The summed E-state index contributed by atoms with van der Waals surface area (Å²) in [7, 11) is 1.71. The number of carbonyl (C=O) groups excluding carboxylic acids is 1. The number of nitrogens with zero attached hydrogens (tertiary/aromatic N) is 2. The highest BCUT2D eigenvalue weighted by Crippen LogP contribution is 2.21. The lowest BCUT2D eigenvalue weighted by molar-refractivity contribution is -0.117. The molecule has 6 heteroatoms. The van der Waals surface area contributed by atoms with Crippen LogP contribution < -0.4 is 10.6 Å². The summed E-state index contributed by atoms with van der Waals surface area (Å²) in [5.41, 5.74) is 6.14. The van der Waals surface area contributed by atoms with Gasteiger partial charge in [0.25, 0.3) is 0 Å². The average molecular weight is 326 g/mol. The topological polar surface area (TPSA) is 59.2 Å². The monoisotopic (exact) mass is 325 g/mol. The molecule has 1 amide bonds. The molecule has 0 bridgehead atoms. The number of rotatable bonds is 3. The highest BCUT2D eigenvalue weighted by Gasteiger charge is 2.13. The lowest BCUT2D eigenvalue weighted by Gasteiger charge is -2.15. The molecule has 18 heavy (non-hydrogen) atoms. The summed E-state index contributed by atoms with van der Waals surface area (Å²) in [6, 6.07) is 5.41. The first-order chi connectivity index (χ1) is 8.56. The molecule has 0 aromatic carbocycles. The second kappa shape index (κ2) is 5.49. The summed E-state index contributed by atoms with van der Waals surface area (Å²) >= 11 is 4.93. The molecule has 94 valence electrons. The van der Waals surface area contributed by atoms with Crippen molar-refractivity contribution in [3.8, 4) is 0 Å². The van der Waals surface area contributed by atoms with E-state index in [4.69, 9.17) is 5.73 Å². The first-order valence-corrected chi connectivity index (χ1v) is 6.94. The van der Waals surface area contributed by atoms with Crippen molar-refractivity contribution in [3.63, 3.8) is 0 Å². The fraction of sp³-hybridized carbons (Fsp3) is 0.167. The zero-order valence-corrected chi connectivity index (χ0v) is 12.2. The maximum atomic E-state index is 12.1. The molecule has 0 spiro atoms. The van der Waals surface area contributed by atoms with Gasteiger partial charge in [0.15, 0.2) is 0 Å². The van der Waals surface area contributed by atoms with Crippen LogP contribution in [0.25, 0.3) is 0 Å². The van der Waals surface area contributed by atoms with Gasteiger partial charge in [-0.25, -0.2) is 4.98 Å². The summed E-state index contributed by atoms with van der Waals surface area (Å²) < 4.78 is 1.00. The third kappa shape index (κ3) is 3.08. The fourth-order valence-electron chi connectivity index (χ4n) is 1.44. The van der Waals surface area contributed by atoms with E-state index in [1.165, 1.54) is 4.90 Å². The molecule has 0 aliphatic rings. The molecule has 2 rings (SSSR count). The summed E-state index contributed by atoms with van der Waals surface area (Å²) in [4.78, 5) is 18.7. The van der Waals surface area contributed by atoms with Crippen molar-refractivity contribution in [2.75, 3.05) is 17.7 Å². The number of pyridine rings is 1. The van der Waals surface area contributed by atoms with Crippen molar-refractivity contribution in [2.24, 2.45) is 0 Å². The van der Waals surface area contributed by atoms with Gasteiger partial charge < -0.3 is 5.73 Å². The standard InChI is InChI=1S/C12H12BrN3OS/c1-16(11-3-2-9(14)6-15-11)12(17)5-10-4-8(13)7-18-10/h2-4,6-7H,5,14H2,1H3. The van der Waals surface area contributed by atoms with Gasteiger partial charge in [-0.1, -0.05) is 0 Å². The Balaban J connectivity index is 2.07. The van der Waals surface area contributed by atoms with Crippen molar-refractivity contribution in [2.45, 2.75) is 6.42 Å². The molecule has 0 unspecified atom stereocenters. The van der Waals surface area contributed by atoms with Gasteiger partial charge in [-0.15, -0.1) is 11.3 Å². The number of nitrogens with two attached hydrogens (primary N) is 1. The van der Waals surface area contributed by atoms with E-state index in [0.717, 1.165) is 9.35 Å². The predicted molar refractivity (Wildman–Crippen MR) is 77.8 cm³/mol. The number of thiophene rings is 1. The van der Waals surface area contributed by atoms with E-state index >= 15 is 0 Å². The summed E-state index contributed by atoms with van der Waals surface area (Å²) in [6.07, 6.45) is 1.92. The van der Waals surface area contributed by atoms with Crippen LogP contribution in [-0.4, -0.2) is 17.9 Å². The van der Waals surface area contributed by atoms with E-state index in [0.29, 0.717) is 17.9 Å². The van der Waals surface area contributed by atoms with Crippen molar-refractivity contribution in [1.29, 1.82) is 0 Å². The Morgan fingerprint density at radius 1 is 1.56 bits per heavy atom. The Morgan fingerprint density at radius 2 is 2.33 bits per heavy atom. The number of amides is 1. The number of hydrogen-bond acceptors (Lipinski definition) is 4. The lowest BCUT2D eigenvalue weighted by Crippen LogP contribution is -2.28. The third-order valence-corrected chi connectivity index (χ3v) is 4.13. The largest absolute Gasteiger partial charge is 0.397 e. The summed E-state index contributed by atoms with van der Waals surface area (Å²) in [6.45, 7) is 0. The van der Waals surface area contributed by atoms with E-state index in [-0.39, 0.29) is 5.91 Å². The summed E-state index contributed by atoms with van der Waals surface area (Å²) in [5.74, 6) is 0.603. The van der Waals surface area contributed by atoms with E-state index in [1.54, 1.807) is 36.7 Å². The van der Waals surface area contributed by atoms with Gasteiger partial charge in [-0.05, 0) is 34.1 Å². The number of likely N-dealkylation sites (N-methyl/N-ethyl adjacent to an activating group) is 1. The van der Waals surface area contributed by atoms with Crippen molar-refractivity contribution >= 4 is 44.7 Å². The summed E-state index contributed by atoms with van der Waals surface area (Å²) in [5, 5.41) is 1.96. The molecule has 0 fully saturated rings. The van der Waals surface area contributed by atoms with Gasteiger partial charge in [0.05, 0.1) is 18.3 Å². The van der Waals surface area contributed by atoms with Crippen LogP contribution in [0.3, 0.4) is 0 Å². The molecular formula is C12H12BrN3OS. The Bertz CT molecular complexity index is 553. The van der Waals surface area contributed by atoms with Gasteiger partial charge in [0.2, 0.25) is 5.91 Å². The molecule has 0 saturated carbocycles. The van der Waals surface area contributed by atoms with Gasteiger partial charge in [-0.2, -0.15) is 0 Å². The van der Waals surface area contributed by atoms with Crippen LogP contribution in [-0.2, 0) is 11.2 Å². The zero-order chi connectivity index (χ0) is 13.1. The normalized spacial score (nSPS) is 10.3. The minimum Gasteiger partial charge on any atom is -0.397 e. The van der Waals surface area contributed by atoms with Gasteiger partial charge in [0, 0.05) is 21.8 Å². The van der Waals surface area contributed by atoms with Crippen molar-refractivity contribution in [3.05, 3.63) is 39.1 Å². The number of hydrogen-bond donors (Lipinski definition) is 1. The quantitative estimate of drug-likeness (QED) is 0.943. The van der Waals surface area contributed by atoms with Crippen LogP contribution in [0, 0.1) is 0 Å².